The number of aryl methyl sites for hydroxylation is 1. The Morgan fingerprint density at radius 2 is 1.52 bits per heavy atom. The van der Waals surface area contributed by atoms with Crippen LogP contribution in [-0.2, 0) is 49.4 Å². The fourth-order valence-corrected chi connectivity index (χ4v) is 6.19. The Morgan fingerprint density at radius 1 is 0.860 bits per heavy atom. The number of methoxy groups -OCH3 is 1. The Labute approximate surface area is 296 Å². The summed E-state index contributed by atoms with van der Waals surface area (Å²) in [7, 11) is 1.63. The van der Waals surface area contributed by atoms with Gasteiger partial charge in [-0.2, -0.15) is 0 Å². The summed E-state index contributed by atoms with van der Waals surface area (Å²) in [4.78, 5) is 26.9. The first kappa shape index (κ1) is 39.0. The summed E-state index contributed by atoms with van der Waals surface area (Å²) in [5, 5.41) is 28.6. The normalized spacial score (nSPS) is 17.4. The number of aliphatic hydroxyl groups is 2. The second-order valence-corrected chi connectivity index (χ2v) is 14.0. The molecule has 4 rings (SSSR count). The average molecular weight is 691 g/mol. The fourth-order valence-electron chi connectivity index (χ4n) is 6.19. The van der Waals surface area contributed by atoms with Gasteiger partial charge in [-0.25, -0.2) is 4.79 Å². The standard InChI is InChI=1S/C40H54N2O8/c1-40(2,3)50-39(46)41-34(24-29-11-6-5-7-12-29)35(43)26-32(38(45)42-37-33-15-9-8-14-31(33)25-36(37)44)23-30-18-16-28(17-19-30)13-10-20-48-27-49-22-21-47-4/h5-9,11-12,14-19,32,34-37,43-44H,10,13,20-27H2,1-4H3,(H,41,46)(H,42,45)/t32-,34-,35-,36+,37-/m0/s1. The van der Waals surface area contributed by atoms with Gasteiger partial charge in [-0.3, -0.25) is 4.79 Å². The van der Waals surface area contributed by atoms with E-state index in [0.29, 0.717) is 39.1 Å². The maximum absolute atomic E-state index is 14.1. The van der Waals surface area contributed by atoms with Crippen molar-refractivity contribution >= 4 is 12.0 Å². The van der Waals surface area contributed by atoms with Crippen molar-refractivity contribution in [3.05, 3.63) is 107 Å². The number of aliphatic hydroxyl groups excluding tert-OH is 2. The molecule has 0 aliphatic heterocycles. The summed E-state index contributed by atoms with van der Waals surface area (Å²) in [5.74, 6) is -0.921. The van der Waals surface area contributed by atoms with Crippen LogP contribution < -0.4 is 10.6 Å². The highest BCUT2D eigenvalue weighted by Gasteiger charge is 2.35. The van der Waals surface area contributed by atoms with Crippen LogP contribution in [0.25, 0.3) is 0 Å². The molecule has 50 heavy (non-hydrogen) atoms. The van der Waals surface area contributed by atoms with Gasteiger partial charge in [0.1, 0.15) is 12.4 Å². The van der Waals surface area contributed by atoms with E-state index in [9.17, 15) is 19.8 Å². The average Bonchev–Trinajstić information content (AvgIpc) is 3.39. The fraction of sp³-hybridized carbons (Fsp3) is 0.500. The molecule has 5 atom stereocenters. The first-order valence-electron chi connectivity index (χ1n) is 17.5. The van der Waals surface area contributed by atoms with Gasteiger partial charge in [0.25, 0.3) is 0 Å². The van der Waals surface area contributed by atoms with Crippen LogP contribution in [0.3, 0.4) is 0 Å². The van der Waals surface area contributed by atoms with E-state index in [2.05, 4.69) is 22.8 Å². The smallest absolute Gasteiger partial charge is 0.407 e. The minimum Gasteiger partial charge on any atom is -0.444 e. The maximum atomic E-state index is 14.1. The van der Waals surface area contributed by atoms with Gasteiger partial charge in [-0.1, -0.05) is 78.9 Å². The molecule has 0 saturated carbocycles. The first-order chi connectivity index (χ1) is 24.0. The summed E-state index contributed by atoms with van der Waals surface area (Å²) in [6.07, 6.45) is 0.459. The zero-order valence-electron chi connectivity index (χ0n) is 29.8. The van der Waals surface area contributed by atoms with Gasteiger partial charge < -0.3 is 39.8 Å². The van der Waals surface area contributed by atoms with Crippen molar-refractivity contribution in [2.24, 2.45) is 5.92 Å². The molecule has 0 radical (unpaired) electrons. The molecule has 272 valence electrons. The van der Waals surface area contributed by atoms with Gasteiger partial charge >= 0.3 is 6.09 Å². The number of ether oxygens (including phenoxy) is 4. The van der Waals surface area contributed by atoms with Crippen LogP contribution in [0.15, 0.2) is 78.9 Å². The molecule has 1 aliphatic rings. The van der Waals surface area contributed by atoms with Crippen LogP contribution in [-0.4, -0.2) is 79.8 Å². The molecule has 10 nitrogen and oxygen atoms in total. The molecule has 0 bridgehead atoms. The number of hydrogen-bond donors (Lipinski definition) is 4. The lowest BCUT2D eigenvalue weighted by atomic mass is 9.88. The summed E-state index contributed by atoms with van der Waals surface area (Å²) in [6, 6.07) is 24.2. The third-order valence-corrected chi connectivity index (χ3v) is 8.72. The lowest BCUT2D eigenvalue weighted by Crippen LogP contribution is -2.48. The molecule has 10 heteroatoms. The number of fused-ring (bicyclic) bond motifs is 1. The lowest BCUT2D eigenvalue weighted by Gasteiger charge is -2.30. The summed E-state index contributed by atoms with van der Waals surface area (Å²) in [6.45, 7) is 7.19. The number of rotatable bonds is 19. The van der Waals surface area contributed by atoms with E-state index in [1.807, 2.05) is 66.7 Å². The number of hydrogen-bond acceptors (Lipinski definition) is 8. The zero-order chi connectivity index (χ0) is 35.9. The molecule has 0 aromatic heterocycles. The Kier molecular flexibility index (Phi) is 15.2. The monoisotopic (exact) mass is 690 g/mol. The highest BCUT2D eigenvalue weighted by Crippen LogP contribution is 2.32. The van der Waals surface area contributed by atoms with Crippen molar-refractivity contribution in [1.29, 1.82) is 0 Å². The second kappa shape index (κ2) is 19.6. The van der Waals surface area contributed by atoms with Crippen LogP contribution in [0.2, 0.25) is 0 Å². The predicted octanol–water partition coefficient (Wildman–Crippen LogP) is 5.08. The number of benzene rings is 3. The molecule has 0 saturated heterocycles. The summed E-state index contributed by atoms with van der Waals surface area (Å²) in [5.41, 5.74) is 4.20. The molecule has 0 fully saturated rings. The van der Waals surface area contributed by atoms with Crippen LogP contribution in [0.4, 0.5) is 4.79 Å². The molecular formula is C40H54N2O8. The number of carbonyl (C=O) groups is 2. The third kappa shape index (κ3) is 12.8. The van der Waals surface area contributed by atoms with Crippen molar-refractivity contribution in [2.45, 2.75) is 89.2 Å². The van der Waals surface area contributed by atoms with Gasteiger partial charge in [0.05, 0.1) is 37.5 Å². The Balaban J connectivity index is 1.47. The van der Waals surface area contributed by atoms with E-state index in [-0.39, 0.29) is 19.1 Å². The van der Waals surface area contributed by atoms with Crippen LogP contribution in [0.1, 0.15) is 67.5 Å². The van der Waals surface area contributed by atoms with Crippen LogP contribution in [0, 0.1) is 5.92 Å². The molecule has 3 aromatic carbocycles. The molecular weight excluding hydrogens is 636 g/mol. The minimum atomic E-state index is -1.07. The zero-order valence-corrected chi connectivity index (χ0v) is 29.8. The number of alkyl carbamates (subject to hydrolysis) is 1. The van der Waals surface area contributed by atoms with E-state index >= 15 is 0 Å². The van der Waals surface area contributed by atoms with E-state index in [4.69, 9.17) is 18.9 Å². The van der Waals surface area contributed by atoms with Crippen molar-refractivity contribution < 1.29 is 38.7 Å². The van der Waals surface area contributed by atoms with Gasteiger partial charge in [0, 0.05) is 26.1 Å². The SMILES string of the molecule is COCCOCOCCCc1ccc(C[C@@H](C[C@H](O)[C@H](Cc2ccccc2)NC(=O)OC(C)(C)C)C(=O)N[C@H]2c3ccccc3C[C@H]2O)cc1. The molecule has 0 unspecified atom stereocenters. The van der Waals surface area contributed by atoms with Crippen molar-refractivity contribution in [3.63, 3.8) is 0 Å². The third-order valence-electron chi connectivity index (χ3n) is 8.72. The highest BCUT2D eigenvalue weighted by molar-refractivity contribution is 5.80. The van der Waals surface area contributed by atoms with Gasteiger partial charge in [-0.15, -0.1) is 0 Å². The number of amides is 2. The number of carbonyl (C=O) groups excluding carboxylic acids is 2. The van der Waals surface area contributed by atoms with Crippen molar-refractivity contribution in [2.75, 3.05) is 33.7 Å². The Morgan fingerprint density at radius 3 is 2.24 bits per heavy atom. The van der Waals surface area contributed by atoms with E-state index in [0.717, 1.165) is 40.7 Å². The topological polar surface area (TPSA) is 136 Å². The Hall–Kier alpha value is -3.80. The van der Waals surface area contributed by atoms with Crippen LogP contribution >= 0.6 is 0 Å². The molecule has 2 amide bonds. The lowest BCUT2D eigenvalue weighted by molar-refractivity contribution is -0.127. The minimum absolute atomic E-state index is 0.0785. The van der Waals surface area contributed by atoms with E-state index in [1.165, 1.54) is 0 Å². The predicted molar refractivity (Wildman–Crippen MR) is 192 cm³/mol. The summed E-state index contributed by atoms with van der Waals surface area (Å²) < 4.78 is 21.3. The summed E-state index contributed by atoms with van der Waals surface area (Å²) >= 11 is 0. The van der Waals surface area contributed by atoms with E-state index < -0.39 is 41.9 Å². The molecule has 0 spiro atoms. The molecule has 1 aliphatic carbocycles. The maximum Gasteiger partial charge on any atom is 0.407 e. The molecule has 0 heterocycles. The first-order valence-corrected chi connectivity index (χ1v) is 17.5. The molecule has 3 aromatic rings. The Bertz CT molecular complexity index is 1460. The molecule has 4 N–H and O–H groups in total. The van der Waals surface area contributed by atoms with Crippen LogP contribution in [0.5, 0.6) is 0 Å². The second-order valence-electron chi connectivity index (χ2n) is 14.0. The van der Waals surface area contributed by atoms with Gasteiger partial charge in [0.2, 0.25) is 5.91 Å². The highest BCUT2D eigenvalue weighted by atomic mass is 16.7. The van der Waals surface area contributed by atoms with Gasteiger partial charge in [0.15, 0.2) is 0 Å². The van der Waals surface area contributed by atoms with Gasteiger partial charge in [-0.05, 0) is 80.7 Å². The van der Waals surface area contributed by atoms with Crippen molar-refractivity contribution in [3.8, 4) is 0 Å². The van der Waals surface area contributed by atoms with E-state index in [1.54, 1.807) is 27.9 Å². The van der Waals surface area contributed by atoms with Crippen molar-refractivity contribution in [1.82, 2.24) is 10.6 Å². The number of nitrogens with one attached hydrogen (secondary N) is 2. The largest absolute Gasteiger partial charge is 0.444 e. The quantitative estimate of drug-likeness (QED) is 0.101.